The largest absolute Gasteiger partial charge is 0.431 e. The monoisotopic (exact) mass is 366 g/mol. The number of rotatable bonds is 5. The molecule has 6 nitrogen and oxygen atoms in total. The highest BCUT2D eigenvalue weighted by atomic mass is 16.4. The molecule has 0 fully saturated rings. The SMILES string of the molecule is C\C=C(C)/C=C\C(=C/C)c1nc(CC)c(C(=O)N2CCc3nc[nH]c3C2)o1. The number of nitrogens with zero attached hydrogens (tertiary/aromatic N) is 3. The van der Waals surface area contributed by atoms with Gasteiger partial charge in [-0.25, -0.2) is 9.97 Å². The first-order chi connectivity index (χ1) is 13.1. The summed E-state index contributed by atoms with van der Waals surface area (Å²) in [7, 11) is 0. The highest BCUT2D eigenvalue weighted by Gasteiger charge is 2.28. The van der Waals surface area contributed by atoms with Crippen molar-refractivity contribution in [2.45, 2.75) is 47.1 Å². The summed E-state index contributed by atoms with van der Waals surface area (Å²) in [6, 6.07) is 0. The maximum Gasteiger partial charge on any atom is 0.291 e. The van der Waals surface area contributed by atoms with Gasteiger partial charge in [0.05, 0.1) is 30.0 Å². The van der Waals surface area contributed by atoms with Gasteiger partial charge in [-0.2, -0.15) is 0 Å². The summed E-state index contributed by atoms with van der Waals surface area (Å²) >= 11 is 0. The molecule has 2 aromatic rings. The van der Waals surface area contributed by atoms with Crippen molar-refractivity contribution in [3.05, 3.63) is 64.9 Å². The number of aromatic amines is 1. The third-order valence-corrected chi connectivity index (χ3v) is 4.83. The molecule has 27 heavy (non-hydrogen) atoms. The maximum absolute atomic E-state index is 13.1. The van der Waals surface area contributed by atoms with Crippen LogP contribution in [0.5, 0.6) is 0 Å². The lowest BCUT2D eigenvalue weighted by Crippen LogP contribution is -2.36. The maximum atomic E-state index is 13.1. The van der Waals surface area contributed by atoms with E-state index in [1.54, 1.807) is 11.2 Å². The molecule has 0 atom stereocenters. The highest BCUT2D eigenvalue weighted by Crippen LogP contribution is 2.24. The zero-order valence-electron chi connectivity index (χ0n) is 16.4. The zero-order valence-corrected chi connectivity index (χ0v) is 16.4. The van der Waals surface area contributed by atoms with Crippen LogP contribution in [0.2, 0.25) is 0 Å². The fraction of sp³-hybridized carbons (Fsp3) is 0.381. The van der Waals surface area contributed by atoms with Crippen molar-refractivity contribution in [1.82, 2.24) is 19.9 Å². The second kappa shape index (κ2) is 8.20. The van der Waals surface area contributed by atoms with E-state index in [4.69, 9.17) is 4.42 Å². The molecule has 2 aromatic heterocycles. The molecule has 1 N–H and O–H groups in total. The third kappa shape index (κ3) is 3.94. The first kappa shape index (κ1) is 18.9. The number of hydrogen-bond donors (Lipinski definition) is 1. The summed E-state index contributed by atoms with van der Waals surface area (Å²) in [5.41, 5.74) is 4.73. The summed E-state index contributed by atoms with van der Waals surface area (Å²) in [5.74, 6) is 0.706. The summed E-state index contributed by atoms with van der Waals surface area (Å²) in [5, 5.41) is 0. The average molecular weight is 366 g/mol. The van der Waals surface area contributed by atoms with Gasteiger partial charge in [0.25, 0.3) is 5.91 Å². The van der Waals surface area contributed by atoms with Gasteiger partial charge in [0.1, 0.15) is 0 Å². The highest BCUT2D eigenvalue weighted by molar-refractivity contribution is 5.93. The van der Waals surface area contributed by atoms with Gasteiger partial charge in [-0.3, -0.25) is 4.79 Å². The number of H-pyrrole nitrogens is 1. The van der Waals surface area contributed by atoms with Crippen LogP contribution in [0.4, 0.5) is 0 Å². The van der Waals surface area contributed by atoms with Crippen LogP contribution in [0, 0.1) is 0 Å². The van der Waals surface area contributed by atoms with Crippen LogP contribution in [0.1, 0.15) is 61.2 Å². The fourth-order valence-electron chi connectivity index (χ4n) is 3.02. The topological polar surface area (TPSA) is 75.0 Å². The molecule has 3 heterocycles. The molecule has 0 bridgehead atoms. The Morgan fingerprint density at radius 3 is 2.85 bits per heavy atom. The van der Waals surface area contributed by atoms with Crippen molar-refractivity contribution in [1.29, 1.82) is 0 Å². The molecule has 0 spiro atoms. The van der Waals surface area contributed by atoms with E-state index in [1.807, 2.05) is 52.0 Å². The Labute approximate surface area is 159 Å². The molecule has 142 valence electrons. The molecule has 0 aliphatic carbocycles. The van der Waals surface area contributed by atoms with E-state index in [1.165, 1.54) is 0 Å². The quantitative estimate of drug-likeness (QED) is 0.809. The Morgan fingerprint density at radius 2 is 2.15 bits per heavy atom. The molecule has 0 unspecified atom stereocenters. The molecule has 3 rings (SSSR count). The lowest BCUT2D eigenvalue weighted by molar-refractivity contribution is 0.0697. The number of aryl methyl sites for hydroxylation is 1. The van der Waals surface area contributed by atoms with Crippen molar-refractivity contribution in [2.75, 3.05) is 6.54 Å². The minimum atomic E-state index is -0.116. The van der Waals surface area contributed by atoms with Crippen LogP contribution in [0.3, 0.4) is 0 Å². The minimum absolute atomic E-state index is 0.116. The van der Waals surface area contributed by atoms with Crippen LogP contribution < -0.4 is 0 Å². The number of fused-ring (bicyclic) bond motifs is 1. The van der Waals surface area contributed by atoms with Gasteiger partial charge in [-0.05, 0) is 33.3 Å². The second-order valence-electron chi connectivity index (χ2n) is 6.56. The number of hydrogen-bond acceptors (Lipinski definition) is 4. The molecule has 0 saturated heterocycles. The van der Waals surface area contributed by atoms with Gasteiger partial charge in [-0.1, -0.05) is 30.7 Å². The van der Waals surface area contributed by atoms with Gasteiger partial charge >= 0.3 is 0 Å². The van der Waals surface area contributed by atoms with E-state index in [0.717, 1.165) is 29.0 Å². The standard InChI is InChI=1S/C21H26N4O2/c1-5-14(4)8-9-15(6-2)20-24-16(7-3)19(27-20)21(26)25-11-10-17-18(12-25)23-13-22-17/h5-6,8-9,13H,7,10-12H2,1-4H3,(H,22,23)/b9-8-,14-5-,15-6+. The number of aromatic nitrogens is 3. The molecular formula is C21H26N4O2. The molecular weight excluding hydrogens is 340 g/mol. The Balaban J connectivity index is 1.86. The predicted molar refractivity (Wildman–Crippen MR) is 105 cm³/mol. The first-order valence-corrected chi connectivity index (χ1v) is 9.35. The number of oxazole rings is 1. The smallest absolute Gasteiger partial charge is 0.291 e. The number of carbonyl (C=O) groups excluding carboxylic acids is 1. The average Bonchev–Trinajstić information content (AvgIpc) is 3.33. The summed E-state index contributed by atoms with van der Waals surface area (Å²) in [4.78, 5) is 26.8. The third-order valence-electron chi connectivity index (χ3n) is 4.83. The normalized spacial score (nSPS) is 15.5. The van der Waals surface area contributed by atoms with E-state index in [0.29, 0.717) is 36.9 Å². The molecule has 1 aliphatic rings. The van der Waals surface area contributed by atoms with Gasteiger partial charge in [-0.15, -0.1) is 0 Å². The number of allylic oxidation sites excluding steroid dienone is 6. The number of amides is 1. The van der Waals surface area contributed by atoms with Crippen LogP contribution in [-0.2, 0) is 19.4 Å². The van der Waals surface area contributed by atoms with Crippen molar-refractivity contribution in [3.8, 4) is 0 Å². The van der Waals surface area contributed by atoms with Gasteiger partial charge < -0.3 is 14.3 Å². The summed E-state index contributed by atoms with van der Waals surface area (Å²) in [6.07, 6.45) is 11.0. The van der Waals surface area contributed by atoms with E-state index in [2.05, 4.69) is 15.0 Å². The predicted octanol–water partition coefficient (Wildman–Crippen LogP) is 4.08. The molecule has 1 aliphatic heterocycles. The number of nitrogens with one attached hydrogen (secondary N) is 1. The first-order valence-electron chi connectivity index (χ1n) is 9.35. The summed E-state index contributed by atoms with van der Waals surface area (Å²) < 4.78 is 5.94. The van der Waals surface area contributed by atoms with Crippen LogP contribution in [0.15, 0.2) is 40.6 Å². The van der Waals surface area contributed by atoms with Crippen LogP contribution in [0.25, 0.3) is 5.57 Å². The molecule has 0 aromatic carbocycles. The molecule has 0 radical (unpaired) electrons. The fourth-order valence-corrected chi connectivity index (χ4v) is 3.02. The number of carbonyl (C=O) groups is 1. The lowest BCUT2D eigenvalue weighted by Gasteiger charge is -2.25. The van der Waals surface area contributed by atoms with Gasteiger partial charge in [0, 0.05) is 18.5 Å². The zero-order chi connectivity index (χ0) is 19.4. The van der Waals surface area contributed by atoms with Crippen molar-refractivity contribution in [3.63, 3.8) is 0 Å². The van der Waals surface area contributed by atoms with E-state index in [-0.39, 0.29) is 5.91 Å². The number of imidazole rings is 1. The summed E-state index contributed by atoms with van der Waals surface area (Å²) in [6.45, 7) is 9.10. The molecule has 1 amide bonds. The van der Waals surface area contributed by atoms with Crippen molar-refractivity contribution in [2.24, 2.45) is 0 Å². The van der Waals surface area contributed by atoms with Crippen molar-refractivity contribution >= 4 is 11.5 Å². The Kier molecular flexibility index (Phi) is 5.74. The second-order valence-corrected chi connectivity index (χ2v) is 6.56. The van der Waals surface area contributed by atoms with Gasteiger partial charge in [0.2, 0.25) is 11.7 Å². The Bertz CT molecular complexity index is 915. The Morgan fingerprint density at radius 1 is 1.33 bits per heavy atom. The molecule has 0 saturated carbocycles. The van der Waals surface area contributed by atoms with Crippen LogP contribution >= 0.6 is 0 Å². The lowest BCUT2D eigenvalue weighted by atomic mass is 10.1. The van der Waals surface area contributed by atoms with E-state index >= 15 is 0 Å². The van der Waals surface area contributed by atoms with Gasteiger partial charge in [0.15, 0.2) is 0 Å². The van der Waals surface area contributed by atoms with E-state index in [9.17, 15) is 4.79 Å². The minimum Gasteiger partial charge on any atom is -0.431 e. The van der Waals surface area contributed by atoms with Crippen molar-refractivity contribution < 1.29 is 9.21 Å². The Hall–Kier alpha value is -2.89. The molecule has 6 heteroatoms. The van der Waals surface area contributed by atoms with E-state index < -0.39 is 0 Å². The van der Waals surface area contributed by atoms with Crippen LogP contribution in [-0.4, -0.2) is 32.3 Å².